The molecule has 0 radical (unpaired) electrons. The van der Waals surface area contributed by atoms with Gasteiger partial charge in [0.2, 0.25) is 0 Å². The van der Waals surface area contributed by atoms with Gasteiger partial charge < -0.3 is 10.3 Å². The predicted molar refractivity (Wildman–Crippen MR) is 78.1 cm³/mol. The smallest absolute Gasteiger partial charge is 0.182 e. The molecule has 6 heteroatoms. The van der Waals surface area contributed by atoms with Gasteiger partial charge in [-0.3, -0.25) is 0 Å². The van der Waals surface area contributed by atoms with Crippen molar-refractivity contribution in [3.63, 3.8) is 0 Å². The molecule has 0 unspecified atom stereocenters. The van der Waals surface area contributed by atoms with Crippen molar-refractivity contribution in [2.75, 3.05) is 5.32 Å². The van der Waals surface area contributed by atoms with Gasteiger partial charge in [0.05, 0.1) is 18.4 Å². The van der Waals surface area contributed by atoms with Crippen molar-refractivity contribution < 1.29 is 0 Å². The van der Waals surface area contributed by atoms with Crippen LogP contribution in [0.1, 0.15) is 11.5 Å². The van der Waals surface area contributed by atoms with Gasteiger partial charge in [-0.2, -0.15) is 5.26 Å². The molecule has 3 aromatic rings. The van der Waals surface area contributed by atoms with Crippen molar-refractivity contribution in [1.82, 2.24) is 19.9 Å². The minimum atomic E-state index is 0.271. The van der Waals surface area contributed by atoms with E-state index in [4.69, 9.17) is 5.26 Å². The number of nitriles is 1. The fourth-order valence-corrected chi connectivity index (χ4v) is 1.93. The molecule has 1 aromatic carbocycles. The molecule has 0 bridgehead atoms. The number of aromatic amines is 1. The second kappa shape index (κ2) is 5.84. The summed E-state index contributed by atoms with van der Waals surface area (Å²) in [5, 5.41) is 12.0. The Morgan fingerprint density at radius 2 is 1.90 bits per heavy atom. The van der Waals surface area contributed by atoms with Crippen LogP contribution in [0.3, 0.4) is 0 Å². The topological polar surface area (TPSA) is 90.3 Å². The summed E-state index contributed by atoms with van der Waals surface area (Å²) >= 11 is 0. The Hall–Kier alpha value is -3.20. The molecule has 2 aromatic heterocycles. The summed E-state index contributed by atoms with van der Waals surface area (Å²) in [4.78, 5) is 15.6. The van der Waals surface area contributed by atoms with E-state index >= 15 is 0 Å². The highest BCUT2D eigenvalue weighted by molar-refractivity contribution is 5.58. The second-order valence-electron chi connectivity index (χ2n) is 4.33. The summed E-state index contributed by atoms with van der Waals surface area (Å²) < 4.78 is 0. The highest BCUT2D eigenvalue weighted by Gasteiger charge is 2.06. The largest absolute Gasteiger partial charge is 0.360 e. The van der Waals surface area contributed by atoms with Gasteiger partial charge >= 0.3 is 0 Å². The molecule has 0 aliphatic rings. The van der Waals surface area contributed by atoms with E-state index in [1.165, 1.54) is 6.20 Å². The quantitative estimate of drug-likeness (QED) is 0.763. The lowest BCUT2D eigenvalue weighted by atomic mass is 10.2. The molecule has 0 aliphatic carbocycles. The average molecular weight is 276 g/mol. The van der Waals surface area contributed by atoms with E-state index in [1.807, 2.05) is 36.4 Å². The van der Waals surface area contributed by atoms with Crippen LogP contribution in [0.5, 0.6) is 0 Å². The molecule has 102 valence electrons. The van der Waals surface area contributed by atoms with Gasteiger partial charge in [-0.1, -0.05) is 30.3 Å². The zero-order chi connectivity index (χ0) is 14.5. The Bertz CT molecular complexity index is 772. The lowest BCUT2D eigenvalue weighted by Crippen LogP contribution is -2.05. The number of hydrogen-bond acceptors (Lipinski definition) is 5. The van der Waals surface area contributed by atoms with E-state index in [0.717, 1.165) is 17.1 Å². The lowest BCUT2D eigenvalue weighted by molar-refractivity contribution is 0.979. The zero-order valence-corrected chi connectivity index (χ0v) is 11.1. The number of hydrogen-bond donors (Lipinski definition) is 2. The Balaban J connectivity index is 1.72. The van der Waals surface area contributed by atoms with E-state index in [1.54, 1.807) is 12.4 Å². The summed E-state index contributed by atoms with van der Waals surface area (Å²) in [6, 6.07) is 12.0. The number of imidazole rings is 1. The standard InChI is InChI=1S/C15H12N6/c16-8-12-15(18-7-6-17-12)20-10-14-19-9-13(21-14)11-4-2-1-3-5-11/h1-7,9H,10H2,(H,18,20)(H,19,21). The fourth-order valence-electron chi connectivity index (χ4n) is 1.93. The Morgan fingerprint density at radius 1 is 1.10 bits per heavy atom. The van der Waals surface area contributed by atoms with Crippen molar-refractivity contribution in [2.45, 2.75) is 6.54 Å². The van der Waals surface area contributed by atoms with Crippen LogP contribution in [0.15, 0.2) is 48.9 Å². The van der Waals surface area contributed by atoms with E-state index < -0.39 is 0 Å². The van der Waals surface area contributed by atoms with Crippen LogP contribution < -0.4 is 5.32 Å². The zero-order valence-electron chi connectivity index (χ0n) is 11.1. The predicted octanol–water partition coefficient (Wildman–Crippen LogP) is 2.35. The molecule has 2 heterocycles. The van der Waals surface area contributed by atoms with Crippen molar-refractivity contribution >= 4 is 5.82 Å². The third kappa shape index (κ3) is 2.87. The molecule has 0 saturated heterocycles. The molecule has 3 rings (SSSR count). The SMILES string of the molecule is N#Cc1nccnc1NCc1ncc(-c2ccccc2)[nH]1. The molecule has 0 amide bonds. The third-order valence-corrected chi connectivity index (χ3v) is 2.94. The number of H-pyrrole nitrogens is 1. The maximum atomic E-state index is 8.95. The highest BCUT2D eigenvalue weighted by atomic mass is 15.0. The molecule has 6 nitrogen and oxygen atoms in total. The first-order chi connectivity index (χ1) is 10.4. The number of rotatable bonds is 4. The van der Waals surface area contributed by atoms with E-state index in [9.17, 15) is 0 Å². The monoisotopic (exact) mass is 276 g/mol. The van der Waals surface area contributed by atoms with Gasteiger partial charge in [0.25, 0.3) is 0 Å². The number of nitrogens with one attached hydrogen (secondary N) is 2. The van der Waals surface area contributed by atoms with Gasteiger partial charge in [-0.25, -0.2) is 15.0 Å². The van der Waals surface area contributed by atoms with Gasteiger partial charge in [0.15, 0.2) is 11.5 Å². The third-order valence-electron chi connectivity index (χ3n) is 2.94. The van der Waals surface area contributed by atoms with E-state index in [-0.39, 0.29) is 5.69 Å². The number of anilines is 1. The van der Waals surface area contributed by atoms with Crippen molar-refractivity contribution in [2.24, 2.45) is 0 Å². The van der Waals surface area contributed by atoms with Crippen LogP contribution in [0.2, 0.25) is 0 Å². The van der Waals surface area contributed by atoms with Crippen LogP contribution in [-0.2, 0) is 6.54 Å². The maximum Gasteiger partial charge on any atom is 0.182 e. The number of benzene rings is 1. The summed E-state index contributed by atoms with van der Waals surface area (Å²) in [6.45, 7) is 0.445. The molecule has 2 N–H and O–H groups in total. The van der Waals surface area contributed by atoms with Gasteiger partial charge in [0, 0.05) is 12.4 Å². The van der Waals surface area contributed by atoms with Gasteiger partial charge in [0.1, 0.15) is 11.9 Å². The van der Waals surface area contributed by atoms with Crippen LogP contribution in [0.4, 0.5) is 5.82 Å². The summed E-state index contributed by atoms with van der Waals surface area (Å²) in [5.41, 5.74) is 2.30. The molecular formula is C15H12N6. The Kier molecular flexibility index (Phi) is 3.56. The molecule has 0 saturated carbocycles. The van der Waals surface area contributed by atoms with Crippen LogP contribution in [0.25, 0.3) is 11.3 Å². The minimum absolute atomic E-state index is 0.271. The van der Waals surface area contributed by atoms with E-state index in [0.29, 0.717) is 12.4 Å². The molecule has 21 heavy (non-hydrogen) atoms. The van der Waals surface area contributed by atoms with Gasteiger partial charge in [-0.15, -0.1) is 0 Å². The van der Waals surface area contributed by atoms with Crippen molar-refractivity contribution in [3.05, 3.63) is 60.4 Å². The number of nitrogens with zero attached hydrogens (tertiary/aromatic N) is 4. The molecule has 0 fully saturated rings. The average Bonchev–Trinajstić information content (AvgIpc) is 3.03. The fraction of sp³-hybridized carbons (Fsp3) is 0.0667. The number of aromatic nitrogens is 4. The first-order valence-corrected chi connectivity index (χ1v) is 6.41. The first-order valence-electron chi connectivity index (χ1n) is 6.41. The second-order valence-corrected chi connectivity index (χ2v) is 4.33. The first kappa shape index (κ1) is 12.8. The minimum Gasteiger partial charge on any atom is -0.360 e. The summed E-state index contributed by atoms with van der Waals surface area (Å²) in [6.07, 6.45) is 4.82. The molecule has 0 atom stereocenters. The van der Waals surface area contributed by atoms with Gasteiger partial charge in [-0.05, 0) is 5.56 Å². The normalized spacial score (nSPS) is 10.0. The highest BCUT2D eigenvalue weighted by Crippen LogP contribution is 2.16. The lowest BCUT2D eigenvalue weighted by Gasteiger charge is -2.03. The molecular weight excluding hydrogens is 264 g/mol. The van der Waals surface area contributed by atoms with Crippen molar-refractivity contribution in [3.8, 4) is 17.3 Å². The van der Waals surface area contributed by atoms with Crippen LogP contribution >= 0.6 is 0 Å². The van der Waals surface area contributed by atoms with E-state index in [2.05, 4.69) is 25.3 Å². The summed E-state index contributed by atoms with van der Waals surface area (Å²) in [5.74, 6) is 1.22. The van der Waals surface area contributed by atoms with Crippen LogP contribution in [-0.4, -0.2) is 19.9 Å². The van der Waals surface area contributed by atoms with Crippen LogP contribution in [0, 0.1) is 11.3 Å². The Morgan fingerprint density at radius 3 is 2.71 bits per heavy atom. The summed E-state index contributed by atoms with van der Waals surface area (Å²) in [7, 11) is 0. The Labute approximate surface area is 121 Å². The molecule has 0 aliphatic heterocycles. The van der Waals surface area contributed by atoms with Crippen molar-refractivity contribution in [1.29, 1.82) is 5.26 Å². The molecule has 0 spiro atoms. The maximum absolute atomic E-state index is 8.95.